The number of esters is 2. The molecule has 0 aromatic heterocycles. The van der Waals surface area contributed by atoms with Gasteiger partial charge in [0, 0.05) is 12.8 Å². The van der Waals surface area contributed by atoms with Crippen LogP contribution in [0.25, 0.3) is 0 Å². The van der Waals surface area contributed by atoms with E-state index in [1.807, 2.05) is 37.3 Å². The average Bonchev–Trinajstić information content (AvgIpc) is 3.23. The first-order valence-electron chi connectivity index (χ1n) is 21.8. The Bertz CT molecular complexity index is 1560. The second kappa shape index (κ2) is 40.2. The predicted molar refractivity (Wildman–Crippen MR) is 246 cm³/mol. The Labute approximate surface area is 375 Å². The van der Waals surface area contributed by atoms with Crippen LogP contribution in [0.3, 0.4) is 0 Å². The molecule has 0 aliphatic rings. The van der Waals surface area contributed by atoms with Gasteiger partial charge >= 0.3 is 27.6 Å². The van der Waals surface area contributed by atoms with E-state index in [-0.39, 0.29) is 12.8 Å². The smallest absolute Gasteiger partial charge is 0.462 e. The molecule has 0 aromatic carbocycles. The van der Waals surface area contributed by atoms with E-state index in [9.17, 15) is 38.9 Å². The lowest BCUT2D eigenvalue weighted by atomic mass is 10.1. The first-order chi connectivity index (χ1) is 30.2. The van der Waals surface area contributed by atoms with Crippen LogP contribution < -0.4 is 0 Å². The molecule has 0 fully saturated rings. The Morgan fingerprint density at radius 1 is 0.556 bits per heavy atom. The number of phosphoric acid groups is 2. The number of carbonyl (C=O) groups is 2. The fraction of sp³-hybridized carbons (Fsp3) is 0.565. The lowest BCUT2D eigenvalue weighted by Crippen LogP contribution is -2.29. The lowest BCUT2D eigenvalue weighted by Gasteiger charge is -2.20. The summed E-state index contributed by atoms with van der Waals surface area (Å²) in [5.74, 6) is -1.27. The normalized spacial score (nSPS) is 16.0. The van der Waals surface area contributed by atoms with Crippen LogP contribution in [0.5, 0.6) is 0 Å². The highest BCUT2D eigenvalue weighted by Gasteiger charge is 2.28. The van der Waals surface area contributed by atoms with Crippen LogP contribution in [0.15, 0.2) is 109 Å². The maximum absolute atomic E-state index is 12.7. The molecule has 0 radical (unpaired) electrons. The molecule has 0 spiro atoms. The molecule has 0 amide bonds. The van der Waals surface area contributed by atoms with Gasteiger partial charge in [0.05, 0.1) is 32.0 Å². The zero-order valence-electron chi connectivity index (χ0n) is 37.1. The number of hydrogen-bond donors (Lipinski definition) is 6. The molecule has 0 saturated carbocycles. The van der Waals surface area contributed by atoms with E-state index in [4.69, 9.17) is 23.8 Å². The standard InChI is InChI=1S/C46H74O15P2/c1-3-5-7-8-9-10-11-12-13-14-15-16-20-23-29-35-45(50)57-39-44(40-60-63(55,56)59-38-43(49)37-58-62(52,53)54)61-46(51)36-30-24-28-34-42(48)33-27-22-19-17-18-21-26-32-41(47)31-25-6-4-2/h6,9-10,12-13,15-16,18-19,21-22,25-28,32-34,41-44,47-49H,3-5,7-8,11,14,17,20,23-24,29-31,35-40H2,1-2H3,(H,55,56)(H2,52,53,54)/b10-9-,13-12-,16-15-,21-18-,22-19-,25-6-,32-26+,33-27+,34-28-/t41-,42-,43-,44+/m0/s1. The summed E-state index contributed by atoms with van der Waals surface area (Å²) in [7, 11) is -9.78. The molecule has 5 atom stereocenters. The van der Waals surface area contributed by atoms with E-state index in [0.29, 0.717) is 32.1 Å². The van der Waals surface area contributed by atoms with Gasteiger partial charge < -0.3 is 39.5 Å². The number of rotatable bonds is 39. The number of ether oxygens (including phenoxy) is 2. The molecule has 1 unspecified atom stereocenters. The van der Waals surface area contributed by atoms with Crippen molar-refractivity contribution in [2.75, 3.05) is 26.4 Å². The quantitative estimate of drug-likeness (QED) is 0.0111. The Morgan fingerprint density at radius 3 is 1.78 bits per heavy atom. The Hall–Kier alpha value is -3.30. The van der Waals surface area contributed by atoms with Gasteiger partial charge in [-0.2, -0.15) is 0 Å². The highest BCUT2D eigenvalue weighted by Crippen LogP contribution is 2.43. The zero-order chi connectivity index (χ0) is 46.9. The molecule has 17 heteroatoms. The third-order valence-corrected chi connectivity index (χ3v) is 9.75. The van der Waals surface area contributed by atoms with Gasteiger partial charge in [0.1, 0.15) is 12.7 Å². The van der Waals surface area contributed by atoms with Crippen LogP contribution in [0, 0.1) is 0 Å². The molecule has 0 saturated heterocycles. The average molecular weight is 929 g/mol. The fourth-order valence-electron chi connectivity index (χ4n) is 4.97. The summed E-state index contributed by atoms with van der Waals surface area (Å²) in [6.07, 6.45) is 41.6. The maximum Gasteiger partial charge on any atom is 0.472 e. The zero-order valence-corrected chi connectivity index (χ0v) is 38.9. The Kier molecular flexibility index (Phi) is 38.1. The third-order valence-electron chi connectivity index (χ3n) is 8.31. The second-order valence-corrected chi connectivity index (χ2v) is 17.0. The number of unbranched alkanes of at least 4 members (excludes halogenated alkanes) is 6. The largest absolute Gasteiger partial charge is 0.472 e. The summed E-state index contributed by atoms with van der Waals surface area (Å²) < 4.78 is 47.6. The van der Waals surface area contributed by atoms with Crippen LogP contribution >= 0.6 is 15.6 Å². The minimum Gasteiger partial charge on any atom is -0.462 e. The molecule has 358 valence electrons. The van der Waals surface area contributed by atoms with Crippen molar-refractivity contribution in [1.29, 1.82) is 0 Å². The van der Waals surface area contributed by atoms with Gasteiger partial charge in [0.25, 0.3) is 0 Å². The topological polar surface area (TPSA) is 236 Å². The van der Waals surface area contributed by atoms with Gasteiger partial charge in [0.2, 0.25) is 0 Å². The van der Waals surface area contributed by atoms with E-state index in [2.05, 4.69) is 52.4 Å². The first kappa shape index (κ1) is 59.7. The van der Waals surface area contributed by atoms with E-state index < -0.39 is 78.4 Å². The van der Waals surface area contributed by atoms with Crippen molar-refractivity contribution in [3.8, 4) is 0 Å². The van der Waals surface area contributed by atoms with Crippen molar-refractivity contribution in [3.63, 3.8) is 0 Å². The van der Waals surface area contributed by atoms with Gasteiger partial charge in [-0.1, -0.05) is 136 Å². The molecule has 63 heavy (non-hydrogen) atoms. The van der Waals surface area contributed by atoms with Crippen LogP contribution in [0.1, 0.15) is 117 Å². The number of aliphatic hydroxyl groups is 3. The van der Waals surface area contributed by atoms with Crippen molar-refractivity contribution in [2.45, 2.75) is 141 Å². The van der Waals surface area contributed by atoms with Crippen LogP contribution in [0.2, 0.25) is 0 Å². The number of aliphatic hydroxyl groups excluding tert-OH is 3. The van der Waals surface area contributed by atoms with Crippen LogP contribution in [0.4, 0.5) is 0 Å². The minimum atomic E-state index is -4.90. The second-order valence-electron chi connectivity index (χ2n) is 14.3. The highest BCUT2D eigenvalue weighted by atomic mass is 31.2. The molecular weight excluding hydrogens is 854 g/mol. The summed E-state index contributed by atoms with van der Waals surface area (Å²) in [4.78, 5) is 52.7. The number of carbonyl (C=O) groups excluding carboxylic acids is 2. The molecule has 0 rings (SSSR count). The first-order valence-corrected chi connectivity index (χ1v) is 24.8. The Balaban J connectivity index is 4.86. The third kappa shape index (κ3) is 43.7. The van der Waals surface area contributed by atoms with Gasteiger partial charge in [-0.25, -0.2) is 9.13 Å². The van der Waals surface area contributed by atoms with Crippen molar-refractivity contribution in [2.24, 2.45) is 0 Å². The van der Waals surface area contributed by atoms with Crippen molar-refractivity contribution in [3.05, 3.63) is 109 Å². The van der Waals surface area contributed by atoms with Gasteiger partial charge in [-0.15, -0.1) is 0 Å². The SMILES string of the molecule is CC/C=C\C[C@H](O)/C=C/C=C\C/C=C\C=C\[C@H](O)/C=C\CCCC(=O)O[C@H](COC(=O)CCCC/C=C\C/C=C\C/C=C\CCCCC)COP(=O)(O)OC[C@@H](O)COP(=O)(O)O. The molecule has 0 heterocycles. The monoisotopic (exact) mass is 928 g/mol. The van der Waals surface area contributed by atoms with Crippen molar-refractivity contribution >= 4 is 27.6 Å². The van der Waals surface area contributed by atoms with Crippen LogP contribution in [-0.2, 0) is 41.8 Å². The highest BCUT2D eigenvalue weighted by molar-refractivity contribution is 7.47. The fourth-order valence-corrected chi connectivity index (χ4v) is 6.13. The van der Waals surface area contributed by atoms with E-state index in [0.717, 1.165) is 38.5 Å². The van der Waals surface area contributed by atoms with Gasteiger partial charge in [0.15, 0.2) is 6.10 Å². The van der Waals surface area contributed by atoms with Gasteiger partial charge in [-0.3, -0.25) is 23.2 Å². The van der Waals surface area contributed by atoms with Crippen molar-refractivity contribution < 1.29 is 71.8 Å². The summed E-state index contributed by atoms with van der Waals surface area (Å²) in [5.41, 5.74) is 0. The molecule has 0 aliphatic heterocycles. The minimum absolute atomic E-state index is 0.0699. The molecule has 0 aliphatic carbocycles. The Morgan fingerprint density at radius 2 is 1.13 bits per heavy atom. The summed E-state index contributed by atoms with van der Waals surface area (Å²) in [5, 5.41) is 29.8. The van der Waals surface area contributed by atoms with E-state index in [1.165, 1.54) is 19.3 Å². The number of hydrogen-bond acceptors (Lipinski definition) is 12. The molecule has 15 nitrogen and oxygen atoms in total. The van der Waals surface area contributed by atoms with Gasteiger partial charge in [-0.05, 0) is 77.0 Å². The number of phosphoric ester groups is 2. The predicted octanol–water partition coefficient (Wildman–Crippen LogP) is 9.05. The van der Waals surface area contributed by atoms with E-state index >= 15 is 0 Å². The molecular formula is C46H74O15P2. The van der Waals surface area contributed by atoms with E-state index in [1.54, 1.807) is 42.5 Å². The summed E-state index contributed by atoms with van der Waals surface area (Å²) >= 11 is 0. The molecule has 0 bridgehead atoms. The molecule has 6 N–H and O–H groups in total. The lowest BCUT2D eigenvalue weighted by molar-refractivity contribution is -0.161. The summed E-state index contributed by atoms with van der Waals surface area (Å²) in [6, 6.07) is 0. The molecule has 0 aromatic rings. The maximum atomic E-state index is 12.7. The van der Waals surface area contributed by atoms with Crippen LogP contribution in [-0.4, -0.2) is 92.8 Å². The number of allylic oxidation sites excluding steroid dienone is 14. The summed E-state index contributed by atoms with van der Waals surface area (Å²) in [6.45, 7) is 1.25. The van der Waals surface area contributed by atoms with Crippen molar-refractivity contribution in [1.82, 2.24) is 0 Å².